The zero-order valence-corrected chi connectivity index (χ0v) is 22.4. The molecule has 1 aliphatic carbocycles. The Bertz CT molecular complexity index is 1390. The third-order valence-corrected chi connectivity index (χ3v) is 8.22. The van der Waals surface area contributed by atoms with Crippen LogP contribution in [0.15, 0.2) is 77.3 Å². The second kappa shape index (κ2) is 10.9. The van der Waals surface area contributed by atoms with E-state index in [1.807, 2.05) is 31.2 Å². The van der Waals surface area contributed by atoms with Crippen LogP contribution in [0, 0.1) is 18.8 Å². The SMILES string of the molecule is Cc1cc(NC(=O)COC(=O)c2ccc(N3C(=O)[C@H]4C[C@@H](c5ccccc5)CC[C@H]4C3=O)cc2)ccc1Br. The van der Waals surface area contributed by atoms with Gasteiger partial charge in [0, 0.05) is 10.2 Å². The average molecular weight is 575 g/mol. The Morgan fingerprint density at radius 1 is 0.947 bits per heavy atom. The molecule has 0 radical (unpaired) electrons. The van der Waals surface area contributed by atoms with Crippen LogP contribution in [0.25, 0.3) is 0 Å². The first-order valence-electron chi connectivity index (χ1n) is 12.6. The summed E-state index contributed by atoms with van der Waals surface area (Å²) in [5, 5.41) is 2.69. The summed E-state index contributed by atoms with van der Waals surface area (Å²) in [6, 6.07) is 21.6. The second-order valence-electron chi connectivity index (χ2n) is 9.78. The van der Waals surface area contributed by atoms with Crippen LogP contribution in [0.5, 0.6) is 0 Å². The van der Waals surface area contributed by atoms with E-state index in [-0.39, 0.29) is 35.1 Å². The summed E-state index contributed by atoms with van der Waals surface area (Å²) >= 11 is 3.41. The molecule has 38 heavy (non-hydrogen) atoms. The fraction of sp³-hybridized carbons (Fsp3) is 0.267. The predicted molar refractivity (Wildman–Crippen MR) is 147 cm³/mol. The Balaban J connectivity index is 1.19. The molecule has 3 aromatic rings. The molecule has 2 fully saturated rings. The molecule has 7 nitrogen and oxygen atoms in total. The molecule has 8 heteroatoms. The van der Waals surface area contributed by atoms with E-state index in [2.05, 4.69) is 33.4 Å². The second-order valence-corrected chi connectivity index (χ2v) is 10.6. The number of nitrogens with one attached hydrogen (secondary N) is 1. The highest BCUT2D eigenvalue weighted by Gasteiger charge is 2.50. The van der Waals surface area contributed by atoms with Crippen molar-refractivity contribution in [3.8, 4) is 0 Å². The number of amides is 3. The monoisotopic (exact) mass is 574 g/mol. The van der Waals surface area contributed by atoms with Crippen molar-refractivity contribution >= 4 is 51.0 Å². The van der Waals surface area contributed by atoms with Gasteiger partial charge in [-0.2, -0.15) is 0 Å². The number of carbonyl (C=O) groups is 4. The minimum absolute atomic E-state index is 0.179. The summed E-state index contributed by atoms with van der Waals surface area (Å²) in [7, 11) is 0. The van der Waals surface area contributed by atoms with E-state index in [4.69, 9.17) is 4.74 Å². The maximum atomic E-state index is 13.3. The number of ether oxygens (including phenoxy) is 1. The van der Waals surface area contributed by atoms with Crippen LogP contribution in [-0.4, -0.2) is 30.3 Å². The number of rotatable bonds is 6. The molecule has 0 bridgehead atoms. The molecule has 1 heterocycles. The molecule has 1 saturated carbocycles. The quantitative estimate of drug-likeness (QED) is 0.304. The van der Waals surface area contributed by atoms with Gasteiger partial charge in [0.15, 0.2) is 6.61 Å². The molecular formula is C30H27BrN2O5. The smallest absolute Gasteiger partial charge is 0.338 e. The number of fused-ring (bicyclic) bond motifs is 1. The van der Waals surface area contributed by atoms with Crippen molar-refractivity contribution in [2.45, 2.75) is 32.1 Å². The van der Waals surface area contributed by atoms with E-state index in [1.54, 1.807) is 24.3 Å². The summed E-state index contributed by atoms with van der Waals surface area (Å²) < 4.78 is 6.08. The minimum Gasteiger partial charge on any atom is -0.452 e. The lowest BCUT2D eigenvalue weighted by Gasteiger charge is -2.28. The van der Waals surface area contributed by atoms with Crippen LogP contribution in [0.3, 0.4) is 0 Å². The van der Waals surface area contributed by atoms with Crippen molar-refractivity contribution in [2.24, 2.45) is 11.8 Å². The number of aryl methyl sites for hydroxylation is 1. The number of hydrogen-bond acceptors (Lipinski definition) is 5. The predicted octanol–water partition coefficient (Wildman–Crippen LogP) is 5.63. The Labute approximate surface area is 229 Å². The highest BCUT2D eigenvalue weighted by molar-refractivity contribution is 9.10. The van der Waals surface area contributed by atoms with Crippen molar-refractivity contribution in [1.29, 1.82) is 0 Å². The summed E-state index contributed by atoms with van der Waals surface area (Å²) in [6.07, 6.45) is 2.21. The number of nitrogens with zero attached hydrogens (tertiary/aromatic N) is 1. The molecule has 3 aromatic carbocycles. The Kier molecular flexibility index (Phi) is 7.42. The van der Waals surface area contributed by atoms with Gasteiger partial charge in [0.25, 0.3) is 5.91 Å². The number of anilines is 2. The largest absolute Gasteiger partial charge is 0.452 e. The van der Waals surface area contributed by atoms with Crippen LogP contribution in [0.2, 0.25) is 0 Å². The van der Waals surface area contributed by atoms with Crippen molar-refractivity contribution < 1.29 is 23.9 Å². The lowest BCUT2D eigenvalue weighted by atomic mass is 9.73. The zero-order valence-electron chi connectivity index (χ0n) is 20.9. The van der Waals surface area contributed by atoms with Crippen molar-refractivity contribution in [3.05, 3.63) is 94.0 Å². The molecule has 1 aliphatic heterocycles. The van der Waals surface area contributed by atoms with E-state index in [1.165, 1.54) is 22.6 Å². The lowest BCUT2D eigenvalue weighted by Crippen LogP contribution is -2.30. The van der Waals surface area contributed by atoms with Gasteiger partial charge in [0.1, 0.15) is 0 Å². The van der Waals surface area contributed by atoms with Crippen molar-refractivity contribution in [3.63, 3.8) is 0 Å². The Morgan fingerprint density at radius 2 is 1.66 bits per heavy atom. The standard InChI is InChI=1S/C30H27BrN2O5/c1-18-15-22(10-14-26(18)31)32-27(34)17-38-30(37)20-7-11-23(12-8-20)33-28(35)24-13-9-21(16-25(24)29(33)36)19-5-3-2-4-6-19/h2-8,10-12,14-15,21,24-25H,9,13,16-17H2,1H3,(H,32,34)/t21-,24+,25-/m0/s1. The van der Waals surface area contributed by atoms with Gasteiger partial charge in [-0.15, -0.1) is 0 Å². The fourth-order valence-corrected chi connectivity index (χ4v) is 5.59. The zero-order chi connectivity index (χ0) is 26.8. The van der Waals surface area contributed by atoms with Gasteiger partial charge < -0.3 is 10.1 Å². The summed E-state index contributed by atoms with van der Waals surface area (Å²) in [6.45, 7) is 1.47. The third-order valence-electron chi connectivity index (χ3n) is 7.33. The van der Waals surface area contributed by atoms with Crippen molar-refractivity contribution in [1.82, 2.24) is 0 Å². The van der Waals surface area contributed by atoms with E-state index < -0.39 is 18.5 Å². The first-order valence-corrected chi connectivity index (χ1v) is 13.4. The molecule has 3 amide bonds. The van der Waals surface area contributed by atoms with E-state index in [0.717, 1.165) is 16.5 Å². The van der Waals surface area contributed by atoms with Crippen LogP contribution >= 0.6 is 15.9 Å². The maximum absolute atomic E-state index is 13.3. The Morgan fingerprint density at radius 3 is 2.37 bits per heavy atom. The average Bonchev–Trinajstić information content (AvgIpc) is 3.19. The highest BCUT2D eigenvalue weighted by atomic mass is 79.9. The minimum atomic E-state index is -0.669. The number of hydrogen-bond donors (Lipinski definition) is 1. The number of carbonyl (C=O) groups excluding carboxylic acids is 4. The molecule has 0 aromatic heterocycles. The van der Waals surface area contributed by atoms with Gasteiger partial charge in [-0.1, -0.05) is 46.3 Å². The van der Waals surface area contributed by atoms with Crippen molar-refractivity contribution in [2.75, 3.05) is 16.8 Å². The van der Waals surface area contributed by atoms with Gasteiger partial charge in [-0.25, -0.2) is 4.79 Å². The molecule has 1 N–H and O–H groups in total. The fourth-order valence-electron chi connectivity index (χ4n) is 5.34. The third kappa shape index (κ3) is 5.27. The normalized spacial score (nSPS) is 20.7. The molecular weight excluding hydrogens is 548 g/mol. The molecule has 1 saturated heterocycles. The summed E-state index contributed by atoms with van der Waals surface area (Å²) in [5.41, 5.74) is 3.43. The van der Waals surface area contributed by atoms with E-state index in [9.17, 15) is 19.2 Å². The topological polar surface area (TPSA) is 92.8 Å². The summed E-state index contributed by atoms with van der Waals surface area (Å²) in [5.74, 6) is -1.87. The van der Waals surface area contributed by atoms with Gasteiger partial charge in [0.05, 0.1) is 23.1 Å². The first kappa shape index (κ1) is 25.9. The molecule has 0 spiro atoms. The summed E-state index contributed by atoms with van der Waals surface area (Å²) in [4.78, 5) is 52.4. The molecule has 0 unspecified atom stereocenters. The number of halogens is 1. The van der Waals surface area contributed by atoms with Crippen LogP contribution in [-0.2, 0) is 19.1 Å². The van der Waals surface area contributed by atoms with Gasteiger partial charge >= 0.3 is 5.97 Å². The maximum Gasteiger partial charge on any atom is 0.338 e. The first-order chi connectivity index (χ1) is 18.3. The van der Waals surface area contributed by atoms with Gasteiger partial charge in [0.2, 0.25) is 11.8 Å². The van der Waals surface area contributed by atoms with Crippen LogP contribution in [0.4, 0.5) is 11.4 Å². The van der Waals surface area contributed by atoms with Crippen LogP contribution in [0.1, 0.15) is 46.7 Å². The van der Waals surface area contributed by atoms with Gasteiger partial charge in [-0.05, 0) is 85.7 Å². The van der Waals surface area contributed by atoms with Gasteiger partial charge in [-0.3, -0.25) is 19.3 Å². The molecule has 5 rings (SSSR count). The molecule has 194 valence electrons. The highest BCUT2D eigenvalue weighted by Crippen LogP contribution is 2.45. The molecule has 3 atom stereocenters. The lowest BCUT2D eigenvalue weighted by molar-refractivity contribution is -0.122. The van der Waals surface area contributed by atoms with E-state index in [0.29, 0.717) is 24.2 Å². The van der Waals surface area contributed by atoms with Crippen LogP contribution < -0.4 is 10.2 Å². The number of imide groups is 1. The number of esters is 1. The Hall–Kier alpha value is -3.78. The van der Waals surface area contributed by atoms with E-state index >= 15 is 0 Å². The number of benzene rings is 3. The molecule has 2 aliphatic rings.